The Labute approximate surface area is 126 Å². The molecule has 2 aromatic carbocycles. The number of carbonyl (C=O) groups excluding carboxylic acids is 1. The molecule has 0 aliphatic rings. The van der Waals surface area contributed by atoms with Crippen molar-refractivity contribution >= 4 is 46.2 Å². The Kier molecular flexibility index (Phi) is 4.06. The summed E-state index contributed by atoms with van der Waals surface area (Å²) in [5.74, 6) is -0.575. The predicted molar refractivity (Wildman–Crippen MR) is 83.9 cm³/mol. The summed E-state index contributed by atoms with van der Waals surface area (Å²) in [5, 5.41) is 4.06. The Morgan fingerprint density at radius 3 is 2.55 bits per heavy atom. The first-order valence-corrected chi connectivity index (χ1v) is 6.56. The normalized spacial score (nSPS) is 10.3. The van der Waals surface area contributed by atoms with Gasteiger partial charge in [-0.1, -0.05) is 29.3 Å². The molecular formula is C14H13Cl2N3O. The molecule has 104 valence electrons. The second-order valence-electron chi connectivity index (χ2n) is 4.34. The number of primary amides is 1. The zero-order valence-electron chi connectivity index (χ0n) is 10.7. The summed E-state index contributed by atoms with van der Waals surface area (Å²) >= 11 is 12.2. The molecular weight excluding hydrogens is 297 g/mol. The SMILES string of the molecule is Cc1cc(Cl)c(Nc2c(N)cccc2C(N)=O)cc1Cl. The summed E-state index contributed by atoms with van der Waals surface area (Å²) < 4.78 is 0. The molecule has 0 atom stereocenters. The number of nitrogens with two attached hydrogens (primary N) is 2. The van der Waals surface area contributed by atoms with E-state index in [9.17, 15) is 4.79 Å². The van der Waals surface area contributed by atoms with Gasteiger partial charge in [-0.25, -0.2) is 0 Å². The first kappa shape index (κ1) is 14.5. The molecule has 0 unspecified atom stereocenters. The molecule has 0 aliphatic heterocycles. The summed E-state index contributed by atoms with van der Waals surface area (Å²) in [5.41, 5.74) is 13.7. The molecule has 0 aromatic heterocycles. The first-order chi connectivity index (χ1) is 9.40. The van der Waals surface area contributed by atoms with E-state index in [0.29, 0.717) is 27.1 Å². The number of nitrogen functional groups attached to an aromatic ring is 1. The Hall–Kier alpha value is -1.91. The monoisotopic (exact) mass is 309 g/mol. The van der Waals surface area contributed by atoms with E-state index in [-0.39, 0.29) is 5.56 Å². The van der Waals surface area contributed by atoms with E-state index in [2.05, 4.69) is 5.32 Å². The lowest BCUT2D eigenvalue weighted by molar-refractivity contribution is 0.100. The average Bonchev–Trinajstić information content (AvgIpc) is 2.37. The van der Waals surface area contributed by atoms with Crippen LogP contribution in [0.4, 0.5) is 17.1 Å². The largest absolute Gasteiger partial charge is 0.397 e. The smallest absolute Gasteiger partial charge is 0.250 e. The summed E-state index contributed by atoms with van der Waals surface area (Å²) in [4.78, 5) is 11.4. The number of hydrogen-bond acceptors (Lipinski definition) is 3. The Morgan fingerprint density at radius 2 is 1.90 bits per heavy atom. The molecule has 0 fully saturated rings. The quantitative estimate of drug-likeness (QED) is 0.756. The van der Waals surface area contributed by atoms with Crippen LogP contribution in [0, 0.1) is 6.92 Å². The van der Waals surface area contributed by atoms with Crippen LogP contribution in [0.3, 0.4) is 0 Å². The van der Waals surface area contributed by atoms with Gasteiger partial charge in [-0.05, 0) is 36.8 Å². The van der Waals surface area contributed by atoms with Crippen LogP contribution in [0.1, 0.15) is 15.9 Å². The van der Waals surface area contributed by atoms with Crippen molar-refractivity contribution in [3.05, 3.63) is 51.5 Å². The maximum atomic E-state index is 11.4. The fourth-order valence-corrected chi connectivity index (χ4v) is 2.22. The van der Waals surface area contributed by atoms with Crippen molar-refractivity contribution in [1.29, 1.82) is 0 Å². The van der Waals surface area contributed by atoms with Crippen LogP contribution < -0.4 is 16.8 Å². The summed E-state index contributed by atoms with van der Waals surface area (Å²) in [6.45, 7) is 1.85. The van der Waals surface area contributed by atoms with Crippen molar-refractivity contribution < 1.29 is 4.79 Å². The van der Waals surface area contributed by atoms with Gasteiger partial charge in [-0.15, -0.1) is 0 Å². The van der Waals surface area contributed by atoms with Gasteiger partial charge in [0.2, 0.25) is 0 Å². The topological polar surface area (TPSA) is 81.1 Å². The lowest BCUT2D eigenvalue weighted by Gasteiger charge is -2.15. The van der Waals surface area contributed by atoms with Gasteiger partial charge in [0.05, 0.1) is 27.6 Å². The molecule has 0 aliphatic carbocycles. The predicted octanol–water partition coefficient (Wildman–Crippen LogP) is 3.73. The molecule has 0 radical (unpaired) electrons. The number of anilines is 3. The standard InChI is InChI=1S/C14H13Cl2N3O/c1-7-5-10(16)12(6-9(7)15)19-13-8(14(18)20)3-2-4-11(13)17/h2-6,19H,17H2,1H3,(H2,18,20). The Bertz CT molecular complexity index is 686. The van der Waals surface area contributed by atoms with Gasteiger partial charge in [-0.3, -0.25) is 4.79 Å². The lowest BCUT2D eigenvalue weighted by Crippen LogP contribution is -2.14. The minimum absolute atomic E-state index is 0.290. The molecule has 4 nitrogen and oxygen atoms in total. The van der Waals surface area contributed by atoms with Gasteiger partial charge >= 0.3 is 0 Å². The average molecular weight is 310 g/mol. The highest BCUT2D eigenvalue weighted by Crippen LogP contribution is 2.34. The second kappa shape index (κ2) is 5.61. The number of amides is 1. The van der Waals surface area contributed by atoms with Crippen molar-refractivity contribution in [2.24, 2.45) is 5.73 Å². The third-order valence-corrected chi connectivity index (χ3v) is 3.59. The number of para-hydroxylation sites is 1. The summed E-state index contributed by atoms with van der Waals surface area (Å²) in [7, 11) is 0. The van der Waals surface area contributed by atoms with Crippen LogP contribution in [-0.4, -0.2) is 5.91 Å². The van der Waals surface area contributed by atoms with Crippen molar-refractivity contribution in [1.82, 2.24) is 0 Å². The first-order valence-electron chi connectivity index (χ1n) is 5.81. The lowest BCUT2D eigenvalue weighted by atomic mass is 10.1. The highest BCUT2D eigenvalue weighted by Gasteiger charge is 2.13. The van der Waals surface area contributed by atoms with E-state index in [1.54, 1.807) is 30.3 Å². The van der Waals surface area contributed by atoms with Crippen LogP contribution in [0.2, 0.25) is 10.0 Å². The maximum absolute atomic E-state index is 11.4. The van der Waals surface area contributed by atoms with Crippen molar-refractivity contribution in [2.45, 2.75) is 6.92 Å². The number of halogens is 2. The Balaban J connectivity index is 2.50. The van der Waals surface area contributed by atoms with Gasteiger partial charge in [0, 0.05) is 5.02 Å². The van der Waals surface area contributed by atoms with Gasteiger partial charge in [0.1, 0.15) is 0 Å². The zero-order valence-corrected chi connectivity index (χ0v) is 12.2. The second-order valence-corrected chi connectivity index (χ2v) is 5.15. The minimum Gasteiger partial charge on any atom is -0.397 e. The van der Waals surface area contributed by atoms with Crippen molar-refractivity contribution in [3.8, 4) is 0 Å². The van der Waals surface area contributed by atoms with E-state index in [1.165, 1.54) is 0 Å². The van der Waals surface area contributed by atoms with Crippen LogP contribution in [0.5, 0.6) is 0 Å². The molecule has 1 amide bonds. The van der Waals surface area contributed by atoms with E-state index in [0.717, 1.165) is 5.56 Å². The number of rotatable bonds is 3. The zero-order chi connectivity index (χ0) is 14.9. The molecule has 2 rings (SSSR count). The fraction of sp³-hybridized carbons (Fsp3) is 0.0714. The number of carbonyl (C=O) groups is 1. The van der Waals surface area contributed by atoms with Gasteiger partial charge in [-0.2, -0.15) is 0 Å². The van der Waals surface area contributed by atoms with E-state index < -0.39 is 5.91 Å². The van der Waals surface area contributed by atoms with E-state index >= 15 is 0 Å². The van der Waals surface area contributed by atoms with Crippen LogP contribution in [-0.2, 0) is 0 Å². The fourth-order valence-electron chi connectivity index (χ4n) is 1.79. The molecule has 0 spiro atoms. The third-order valence-electron chi connectivity index (χ3n) is 2.87. The van der Waals surface area contributed by atoms with Gasteiger partial charge in [0.25, 0.3) is 5.91 Å². The highest BCUT2D eigenvalue weighted by molar-refractivity contribution is 6.36. The van der Waals surface area contributed by atoms with E-state index in [1.807, 2.05) is 6.92 Å². The number of benzene rings is 2. The molecule has 6 heteroatoms. The van der Waals surface area contributed by atoms with Crippen LogP contribution >= 0.6 is 23.2 Å². The molecule has 0 saturated heterocycles. The summed E-state index contributed by atoms with van der Waals surface area (Å²) in [6.07, 6.45) is 0. The molecule has 0 saturated carbocycles. The molecule has 0 bridgehead atoms. The molecule has 5 N–H and O–H groups in total. The molecule has 0 heterocycles. The molecule has 2 aromatic rings. The summed E-state index contributed by atoms with van der Waals surface area (Å²) in [6, 6.07) is 8.32. The number of hydrogen-bond donors (Lipinski definition) is 3. The van der Waals surface area contributed by atoms with Crippen LogP contribution in [0.25, 0.3) is 0 Å². The highest BCUT2D eigenvalue weighted by atomic mass is 35.5. The third kappa shape index (κ3) is 2.81. The van der Waals surface area contributed by atoms with E-state index in [4.69, 9.17) is 34.7 Å². The van der Waals surface area contributed by atoms with Gasteiger partial charge < -0.3 is 16.8 Å². The number of nitrogens with one attached hydrogen (secondary N) is 1. The number of aryl methyl sites for hydroxylation is 1. The Morgan fingerprint density at radius 1 is 1.20 bits per heavy atom. The van der Waals surface area contributed by atoms with Crippen molar-refractivity contribution in [3.63, 3.8) is 0 Å². The van der Waals surface area contributed by atoms with Crippen molar-refractivity contribution in [2.75, 3.05) is 11.1 Å². The molecule has 20 heavy (non-hydrogen) atoms. The van der Waals surface area contributed by atoms with Gasteiger partial charge in [0.15, 0.2) is 0 Å². The maximum Gasteiger partial charge on any atom is 0.250 e. The minimum atomic E-state index is -0.575. The van der Waals surface area contributed by atoms with Crippen LogP contribution in [0.15, 0.2) is 30.3 Å².